The minimum Gasteiger partial charge on any atom is -0.314 e. The third-order valence-electron chi connectivity index (χ3n) is 5.97. The molecule has 0 aromatic rings. The summed E-state index contributed by atoms with van der Waals surface area (Å²) in [6.07, 6.45) is 11.3. The SMILES string of the molecule is CCCNC1CCC(CCC)CC1CN(C)C(C)C1CC1. The molecule has 2 heteroatoms. The molecule has 124 valence electrons. The summed E-state index contributed by atoms with van der Waals surface area (Å²) in [6, 6.07) is 1.57. The van der Waals surface area contributed by atoms with Gasteiger partial charge in [0.2, 0.25) is 0 Å². The summed E-state index contributed by atoms with van der Waals surface area (Å²) >= 11 is 0. The summed E-state index contributed by atoms with van der Waals surface area (Å²) in [4.78, 5) is 2.66. The molecule has 0 heterocycles. The Bertz CT molecular complexity index is 287. The molecule has 0 radical (unpaired) electrons. The van der Waals surface area contributed by atoms with Crippen LogP contribution in [-0.4, -0.2) is 37.1 Å². The molecule has 0 bridgehead atoms. The van der Waals surface area contributed by atoms with Gasteiger partial charge in [0, 0.05) is 18.6 Å². The average Bonchev–Trinajstić information content (AvgIpc) is 3.30. The lowest BCUT2D eigenvalue weighted by Crippen LogP contribution is -2.47. The van der Waals surface area contributed by atoms with E-state index in [-0.39, 0.29) is 0 Å². The van der Waals surface area contributed by atoms with E-state index in [0.717, 1.165) is 29.8 Å². The van der Waals surface area contributed by atoms with Crippen molar-refractivity contribution in [1.82, 2.24) is 10.2 Å². The van der Waals surface area contributed by atoms with E-state index in [1.54, 1.807) is 0 Å². The van der Waals surface area contributed by atoms with Crippen LogP contribution >= 0.6 is 0 Å². The normalized spacial score (nSPS) is 31.6. The highest BCUT2D eigenvalue weighted by molar-refractivity contribution is 4.89. The van der Waals surface area contributed by atoms with E-state index in [2.05, 4.69) is 38.0 Å². The van der Waals surface area contributed by atoms with E-state index in [1.807, 2.05) is 0 Å². The molecule has 21 heavy (non-hydrogen) atoms. The van der Waals surface area contributed by atoms with E-state index >= 15 is 0 Å². The predicted octanol–water partition coefficient (Wildman–Crippen LogP) is 4.30. The minimum atomic E-state index is 0.770. The van der Waals surface area contributed by atoms with Crippen LogP contribution < -0.4 is 5.32 Å². The topological polar surface area (TPSA) is 15.3 Å². The fourth-order valence-electron chi connectivity index (χ4n) is 4.31. The molecule has 2 aliphatic carbocycles. The van der Waals surface area contributed by atoms with Gasteiger partial charge in [0.25, 0.3) is 0 Å². The molecular weight excluding hydrogens is 256 g/mol. The van der Waals surface area contributed by atoms with Crippen LogP contribution in [0.5, 0.6) is 0 Å². The van der Waals surface area contributed by atoms with Gasteiger partial charge in [-0.25, -0.2) is 0 Å². The molecule has 0 amide bonds. The molecule has 0 aromatic carbocycles. The lowest BCUT2D eigenvalue weighted by atomic mass is 9.76. The van der Waals surface area contributed by atoms with Gasteiger partial charge in [-0.1, -0.05) is 26.7 Å². The lowest BCUT2D eigenvalue weighted by Gasteiger charge is -2.40. The average molecular weight is 295 g/mol. The Labute approximate surface area is 133 Å². The summed E-state index contributed by atoms with van der Waals surface area (Å²) < 4.78 is 0. The molecule has 2 fully saturated rings. The second kappa shape index (κ2) is 8.53. The zero-order valence-corrected chi connectivity index (χ0v) is 14.9. The highest BCUT2D eigenvalue weighted by atomic mass is 15.1. The van der Waals surface area contributed by atoms with Crippen LogP contribution in [0.4, 0.5) is 0 Å². The molecule has 2 aliphatic rings. The lowest BCUT2D eigenvalue weighted by molar-refractivity contribution is 0.124. The zero-order valence-electron chi connectivity index (χ0n) is 14.9. The van der Waals surface area contributed by atoms with Crippen LogP contribution in [0.3, 0.4) is 0 Å². The van der Waals surface area contributed by atoms with Crippen molar-refractivity contribution in [3.8, 4) is 0 Å². The summed E-state index contributed by atoms with van der Waals surface area (Å²) in [7, 11) is 2.36. The van der Waals surface area contributed by atoms with Gasteiger partial charge >= 0.3 is 0 Å². The maximum absolute atomic E-state index is 3.85. The number of nitrogens with zero attached hydrogens (tertiary/aromatic N) is 1. The van der Waals surface area contributed by atoms with E-state index in [0.29, 0.717) is 0 Å². The Kier molecular flexibility index (Phi) is 7.01. The molecular formula is C19H38N2. The monoisotopic (exact) mass is 294 g/mol. The van der Waals surface area contributed by atoms with E-state index in [9.17, 15) is 0 Å². The van der Waals surface area contributed by atoms with E-state index < -0.39 is 0 Å². The first-order chi connectivity index (χ1) is 10.2. The molecule has 4 unspecified atom stereocenters. The van der Waals surface area contributed by atoms with Gasteiger partial charge in [-0.15, -0.1) is 0 Å². The third-order valence-corrected chi connectivity index (χ3v) is 5.97. The van der Waals surface area contributed by atoms with Crippen molar-refractivity contribution < 1.29 is 0 Å². The molecule has 0 saturated heterocycles. The molecule has 2 rings (SSSR count). The maximum Gasteiger partial charge on any atom is 0.0108 e. The van der Waals surface area contributed by atoms with Crippen LogP contribution in [0.25, 0.3) is 0 Å². The third kappa shape index (κ3) is 5.25. The van der Waals surface area contributed by atoms with Crippen molar-refractivity contribution >= 4 is 0 Å². The Morgan fingerprint density at radius 3 is 2.48 bits per heavy atom. The Morgan fingerprint density at radius 2 is 1.86 bits per heavy atom. The Hall–Kier alpha value is -0.0800. The van der Waals surface area contributed by atoms with Crippen molar-refractivity contribution in [2.75, 3.05) is 20.1 Å². The van der Waals surface area contributed by atoms with Gasteiger partial charge in [0.15, 0.2) is 0 Å². The predicted molar refractivity (Wildman–Crippen MR) is 92.6 cm³/mol. The highest BCUT2D eigenvalue weighted by Crippen LogP contribution is 2.37. The number of nitrogens with one attached hydrogen (secondary N) is 1. The fourth-order valence-corrected chi connectivity index (χ4v) is 4.31. The molecule has 0 spiro atoms. The van der Waals surface area contributed by atoms with Crippen LogP contribution in [0.2, 0.25) is 0 Å². The fraction of sp³-hybridized carbons (Fsp3) is 1.00. The van der Waals surface area contributed by atoms with E-state index in [4.69, 9.17) is 0 Å². The van der Waals surface area contributed by atoms with Gasteiger partial charge in [-0.3, -0.25) is 0 Å². The Morgan fingerprint density at radius 1 is 1.10 bits per heavy atom. The van der Waals surface area contributed by atoms with Crippen molar-refractivity contribution in [1.29, 1.82) is 0 Å². The smallest absolute Gasteiger partial charge is 0.0108 e. The van der Waals surface area contributed by atoms with Gasteiger partial charge < -0.3 is 10.2 Å². The van der Waals surface area contributed by atoms with Crippen LogP contribution in [0.15, 0.2) is 0 Å². The summed E-state index contributed by atoms with van der Waals surface area (Å²) in [5.74, 6) is 2.85. The highest BCUT2D eigenvalue weighted by Gasteiger charge is 2.34. The molecule has 2 saturated carbocycles. The summed E-state index contributed by atoms with van der Waals surface area (Å²) in [6.45, 7) is 9.57. The number of rotatable bonds is 9. The summed E-state index contributed by atoms with van der Waals surface area (Å²) in [5, 5.41) is 3.85. The van der Waals surface area contributed by atoms with Crippen LogP contribution in [0.1, 0.15) is 72.1 Å². The minimum absolute atomic E-state index is 0.770. The first-order valence-electron chi connectivity index (χ1n) is 9.59. The van der Waals surface area contributed by atoms with Crippen molar-refractivity contribution in [2.45, 2.75) is 84.2 Å². The van der Waals surface area contributed by atoms with Crippen molar-refractivity contribution in [3.63, 3.8) is 0 Å². The zero-order chi connectivity index (χ0) is 15.2. The molecule has 2 nitrogen and oxygen atoms in total. The number of hydrogen-bond acceptors (Lipinski definition) is 2. The van der Waals surface area contributed by atoms with Crippen molar-refractivity contribution in [3.05, 3.63) is 0 Å². The molecule has 1 N–H and O–H groups in total. The summed E-state index contributed by atoms with van der Waals surface area (Å²) in [5.41, 5.74) is 0. The Balaban J connectivity index is 1.88. The largest absolute Gasteiger partial charge is 0.314 e. The van der Waals surface area contributed by atoms with Crippen LogP contribution in [-0.2, 0) is 0 Å². The van der Waals surface area contributed by atoms with Gasteiger partial charge in [0.05, 0.1) is 0 Å². The van der Waals surface area contributed by atoms with Crippen molar-refractivity contribution in [2.24, 2.45) is 17.8 Å². The molecule has 0 aliphatic heterocycles. The second-order valence-electron chi connectivity index (χ2n) is 7.81. The first-order valence-corrected chi connectivity index (χ1v) is 9.59. The first kappa shape index (κ1) is 17.3. The number of hydrogen-bond donors (Lipinski definition) is 1. The standard InChI is InChI=1S/C19H38N2/c1-5-7-16-8-11-19(20-12-6-2)18(13-16)14-21(4)15(3)17-9-10-17/h15-20H,5-14H2,1-4H3. The maximum atomic E-state index is 3.85. The van der Waals surface area contributed by atoms with Gasteiger partial charge in [-0.05, 0) is 76.8 Å². The quantitative estimate of drug-likeness (QED) is 0.682. The van der Waals surface area contributed by atoms with Gasteiger partial charge in [-0.2, -0.15) is 0 Å². The second-order valence-corrected chi connectivity index (χ2v) is 7.81. The van der Waals surface area contributed by atoms with Gasteiger partial charge in [0.1, 0.15) is 0 Å². The molecule has 0 aromatic heterocycles. The van der Waals surface area contributed by atoms with Crippen LogP contribution in [0, 0.1) is 17.8 Å². The molecule has 4 atom stereocenters. The van der Waals surface area contributed by atoms with E-state index in [1.165, 1.54) is 64.5 Å².